The molecule has 3 heterocycles. The van der Waals surface area contributed by atoms with Crippen LogP contribution in [0.3, 0.4) is 0 Å². The molecular weight excluding hydrogens is 340 g/mol. The Bertz CT molecular complexity index is 1090. The highest BCUT2D eigenvalue weighted by Crippen LogP contribution is 2.29. The first-order valence-corrected chi connectivity index (χ1v) is 8.22. The predicted octanol–water partition coefficient (Wildman–Crippen LogP) is 0.888. The number of hydrogen-bond acceptors (Lipinski definition) is 7. The monoisotopic (exact) mass is 354 g/mol. The molecular formula is C15H14N8OS. The van der Waals surface area contributed by atoms with Gasteiger partial charge in [-0.3, -0.25) is 9.48 Å². The topological polar surface area (TPSA) is 131 Å². The summed E-state index contributed by atoms with van der Waals surface area (Å²) in [5, 5.41) is 9.09. The van der Waals surface area contributed by atoms with Gasteiger partial charge in [-0.15, -0.1) is 5.10 Å². The first kappa shape index (κ1) is 15.3. The number of carbonyl (C=O) groups excluding carboxylic acids is 1. The van der Waals surface area contributed by atoms with E-state index in [0.29, 0.717) is 16.8 Å². The van der Waals surface area contributed by atoms with Crippen molar-refractivity contribution in [3.05, 3.63) is 36.3 Å². The molecule has 0 atom stereocenters. The average Bonchev–Trinajstić information content (AvgIpc) is 3.23. The third-order valence-corrected chi connectivity index (χ3v) is 4.52. The van der Waals surface area contributed by atoms with Crippen LogP contribution >= 0.6 is 11.3 Å². The Morgan fingerprint density at radius 3 is 2.84 bits per heavy atom. The molecule has 4 rings (SSSR count). The molecule has 3 aromatic heterocycles. The van der Waals surface area contributed by atoms with Crippen molar-refractivity contribution in [1.82, 2.24) is 29.5 Å². The number of carbonyl (C=O) groups is 1. The SMILES string of the molecule is Cn1nccc1-n1nc(CC(N)=O)nc1-c1ccc2sc(N)nc2c1. The molecule has 126 valence electrons. The number of nitrogens with zero attached hydrogens (tertiary/aromatic N) is 6. The number of aryl methyl sites for hydroxylation is 1. The van der Waals surface area contributed by atoms with E-state index in [0.717, 1.165) is 21.6 Å². The van der Waals surface area contributed by atoms with Gasteiger partial charge in [0.05, 0.1) is 22.8 Å². The molecule has 0 aliphatic heterocycles. The van der Waals surface area contributed by atoms with Crippen LogP contribution in [0, 0.1) is 0 Å². The van der Waals surface area contributed by atoms with E-state index in [2.05, 4.69) is 20.2 Å². The number of nitrogen functional groups attached to an aromatic ring is 1. The third-order valence-electron chi connectivity index (χ3n) is 3.66. The summed E-state index contributed by atoms with van der Waals surface area (Å²) in [5.74, 6) is 1.16. The Labute approximate surface area is 145 Å². The third kappa shape index (κ3) is 2.72. The van der Waals surface area contributed by atoms with Gasteiger partial charge in [-0.2, -0.15) is 9.78 Å². The summed E-state index contributed by atoms with van der Waals surface area (Å²) in [4.78, 5) is 20.0. The minimum atomic E-state index is -0.489. The summed E-state index contributed by atoms with van der Waals surface area (Å²) < 4.78 is 4.30. The molecule has 0 spiro atoms. The molecule has 0 saturated heterocycles. The number of rotatable bonds is 4. The number of nitrogens with two attached hydrogens (primary N) is 2. The minimum absolute atomic E-state index is 0.0380. The molecule has 25 heavy (non-hydrogen) atoms. The summed E-state index contributed by atoms with van der Waals surface area (Å²) in [5.41, 5.74) is 12.7. The standard InChI is InChI=1S/C15H14N8OS/c1-22-13(4-5-18-22)23-14(20-12(21-23)7-11(16)24)8-2-3-10-9(6-8)19-15(17)25-10/h2-6H,7H2,1H3,(H2,16,24)(H2,17,19). The van der Waals surface area contributed by atoms with Gasteiger partial charge in [0.1, 0.15) is 0 Å². The number of thiazole rings is 1. The van der Waals surface area contributed by atoms with Crippen LogP contribution in [0.5, 0.6) is 0 Å². The lowest BCUT2D eigenvalue weighted by molar-refractivity contribution is -0.117. The van der Waals surface area contributed by atoms with Crippen molar-refractivity contribution in [2.45, 2.75) is 6.42 Å². The summed E-state index contributed by atoms with van der Waals surface area (Å²) in [6, 6.07) is 7.57. The van der Waals surface area contributed by atoms with Crippen LogP contribution in [0.4, 0.5) is 5.13 Å². The molecule has 0 fully saturated rings. The first-order valence-electron chi connectivity index (χ1n) is 7.40. The second-order valence-corrected chi connectivity index (χ2v) is 6.52. The van der Waals surface area contributed by atoms with E-state index in [1.807, 2.05) is 24.3 Å². The van der Waals surface area contributed by atoms with Crippen molar-refractivity contribution in [2.75, 3.05) is 5.73 Å². The quantitative estimate of drug-likeness (QED) is 0.559. The lowest BCUT2D eigenvalue weighted by Crippen LogP contribution is -2.15. The Hall–Kier alpha value is -3.27. The maximum absolute atomic E-state index is 11.2. The van der Waals surface area contributed by atoms with Crippen molar-refractivity contribution < 1.29 is 4.79 Å². The van der Waals surface area contributed by atoms with E-state index in [1.165, 1.54) is 11.3 Å². The molecule has 1 aromatic carbocycles. The van der Waals surface area contributed by atoms with Gasteiger partial charge in [0, 0.05) is 18.7 Å². The van der Waals surface area contributed by atoms with E-state index < -0.39 is 5.91 Å². The smallest absolute Gasteiger partial charge is 0.225 e. The zero-order valence-corrected chi connectivity index (χ0v) is 14.1. The van der Waals surface area contributed by atoms with E-state index in [9.17, 15) is 4.79 Å². The van der Waals surface area contributed by atoms with Crippen LogP contribution in [0.2, 0.25) is 0 Å². The van der Waals surface area contributed by atoms with E-state index >= 15 is 0 Å². The van der Waals surface area contributed by atoms with Crippen LogP contribution in [-0.4, -0.2) is 35.4 Å². The van der Waals surface area contributed by atoms with Gasteiger partial charge < -0.3 is 11.5 Å². The lowest BCUT2D eigenvalue weighted by Gasteiger charge is -2.06. The largest absolute Gasteiger partial charge is 0.375 e. The van der Waals surface area contributed by atoms with Crippen LogP contribution in [0.1, 0.15) is 5.82 Å². The maximum Gasteiger partial charge on any atom is 0.225 e. The van der Waals surface area contributed by atoms with Crippen molar-refractivity contribution >= 4 is 32.6 Å². The Morgan fingerprint density at radius 2 is 2.12 bits per heavy atom. The number of aromatic nitrogens is 6. The normalized spacial score (nSPS) is 11.2. The van der Waals surface area contributed by atoms with Gasteiger partial charge >= 0.3 is 0 Å². The number of hydrogen-bond donors (Lipinski definition) is 2. The lowest BCUT2D eigenvalue weighted by atomic mass is 10.2. The van der Waals surface area contributed by atoms with Gasteiger partial charge in [0.25, 0.3) is 0 Å². The number of primary amides is 1. The molecule has 10 heteroatoms. The molecule has 1 amide bonds. The summed E-state index contributed by atoms with van der Waals surface area (Å²) in [6.07, 6.45) is 1.63. The van der Waals surface area contributed by atoms with Crippen molar-refractivity contribution in [1.29, 1.82) is 0 Å². The minimum Gasteiger partial charge on any atom is -0.375 e. The van der Waals surface area contributed by atoms with Crippen LogP contribution < -0.4 is 11.5 Å². The highest BCUT2D eigenvalue weighted by Gasteiger charge is 2.17. The zero-order chi connectivity index (χ0) is 17.6. The molecule has 0 unspecified atom stereocenters. The molecule has 9 nitrogen and oxygen atoms in total. The van der Waals surface area contributed by atoms with Gasteiger partial charge in [-0.1, -0.05) is 11.3 Å². The van der Waals surface area contributed by atoms with Crippen LogP contribution in [0.25, 0.3) is 27.4 Å². The fourth-order valence-electron chi connectivity index (χ4n) is 2.59. The molecule has 0 saturated carbocycles. The van der Waals surface area contributed by atoms with Gasteiger partial charge in [0.15, 0.2) is 22.6 Å². The Morgan fingerprint density at radius 1 is 1.28 bits per heavy atom. The first-order chi connectivity index (χ1) is 12.0. The molecule has 0 aliphatic carbocycles. The fraction of sp³-hybridized carbons (Fsp3) is 0.133. The van der Waals surface area contributed by atoms with E-state index in [1.54, 1.807) is 22.6 Å². The Kier molecular flexibility index (Phi) is 3.46. The van der Waals surface area contributed by atoms with Gasteiger partial charge in [-0.25, -0.2) is 9.97 Å². The molecule has 0 radical (unpaired) electrons. The number of fused-ring (bicyclic) bond motifs is 1. The highest BCUT2D eigenvalue weighted by atomic mass is 32.1. The van der Waals surface area contributed by atoms with Gasteiger partial charge in [-0.05, 0) is 18.2 Å². The van der Waals surface area contributed by atoms with E-state index in [4.69, 9.17) is 11.5 Å². The van der Waals surface area contributed by atoms with Crippen molar-refractivity contribution in [3.63, 3.8) is 0 Å². The molecule has 4 N–H and O–H groups in total. The van der Waals surface area contributed by atoms with Crippen LogP contribution in [0.15, 0.2) is 30.5 Å². The average molecular weight is 354 g/mol. The van der Waals surface area contributed by atoms with Crippen molar-refractivity contribution in [3.8, 4) is 17.2 Å². The number of anilines is 1. The molecule has 0 aliphatic rings. The van der Waals surface area contributed by atoms with Crippen molar-refractivity contribution in [2.24, 2.45) is 12.8 Å². The van der Waals surface area contributed by atoms with E-state index in [-0.39, 0.29) is 6.42 Å². The number of benzene rings is 1. The molecule has 0 bridgehead atoms. The predicted molar refractivity (Wildman–Crippen MR) is 94.0 cm³/mol. The van der Waals surface area contributed by atoms with Crippen LogP contribution in [-0.2, 0) is 18.3 Å². The Balaban J connectivity index is 1.90. The summed E-state index contributed by atoms with van der Waals surface area (Å²) >= 11 is 1.42. The molecule has 4 aromatic rings. The number of amides is 1. The van der Waals surface area contributed by atoms with Gasteiger partial charge in [0.2, 0.25) is 5.91 Å². The zero-order valence-electron chi connectivity index (χ0n) is 13.2. The second kappa shape index (κ2) is 5.67. The highest BCUT2D eigenvalue weighted by molar-refractivity contribution is 7.22. The second-order valence-electron chi connectivity index (χ2n) is 5.45. The summed E-state index contributed by atoms with van der Waals surface area (Å²) in [6.45, 7) is 0. The maximum atomic E-state index is 11.2. The fourth-order valence-corrected chi connectivity index (χ4v) is 3.31. The summed E-state index contributed by atoms with van der Waals surface area (Å²) in [7, 11) is 1.80.